The fourth-order valence-electron chi connectivity index (χ4n) is 4.13. The van der Waals surface area contributed by atoms with Gasteiger partial charge >= 0.3 is 0 Å². The third-order valence-electron chi connectivity index (χ3n) is 5.77. The third kappa shape index (κ3) is 5.61. The van der Waals surface area contributed by atoms with Crippen LogP contribution in [0.4, 0.5) is 11.5 Å². The molecule has 0 aliphatic carbocycles. The molecule has 186 valence electrons. The second-order valence-corrected chi connectivity index (χ2v) is 11.5. The molecule has 3 aromatic rings. The van der Waals surface area contributed by atoms with Crippen molar-refractivity contribution in [3.63, 3.8) is 0 Å². The molecular formula is C24H30N6O4S. The smallest absolute Gasteiger partial charge is 0.238 e. The second-order valence-electron chi connectivity index (χ2n) is 9.74. The van der Waals surface area contributed by atoms with Crippen molar-refractivity contribution in [2.75, 3.05) is 36.5 Å². The Morgan fingerprint density at radius 1 is 1.14 bits per heavy atom. The number of fused-ring (bicyclic) bond motifs is 1. The molecule has 1 fully saturated rings. The number of pyridine rings is 1. The molecular weight excluding hydrogens is 468 g/mol. The van der Waals surface area contributed by atoms with Crippen LogP contribution in [0.15, 0.2) is 36.8 Å². The lowest BCUT2D eigenvalue weighted by Gasteiger charge is -2.25. The van der Waals surface area contributed by atoms with Crippen LogP contribution in [0.5, 0.6) is 5.88 Å². The van der Waals surface area contributed by atoms with Gasteiger partial charge in [-0.3, -0.25) is 9.52 Å². The van der Waals surface area contributed by atoms with Gasteiger partial charge in [0.2, 0.25) is 21.8 Å². The van der Waals surface area contributed by atoms with Crippen LogP contribution in [0, 0.1) is 5.41 Å². The van der Waals surface area contributed by atoms with E-state index in [0.29, 0.717) is 24.5 Å². The van der Waals surface area contributed by atoms with Crippen molar-refractivity contribution >= 4 is 38.3 Å². The van der Waals surface area contributed by atoms with E-state index in [-0.39, 0.29) is 23.5 Å². The standard InChI is InChI=1S/C24H30N6O4S/c1-24(2,3)23(31)30-9-8-17(13-30)28-21-18-10-15(6-7-19(18)26-14-27-21)16-11-20(29-35(5,32)33)22(34-4)25-12-16/h6-7,10-12,14,17,29H,8-9,13H2,1-5H3,(H,26,27,28)/t17-/m0/s1. The van der Waals surface area contributed by atoms with Gasteiger partial charge in [-0.25, -0.2) is 23.4 Å². The highest BCUT2D eigenvalue weighted by Crippen LogP contribution is 2.32. The van der Waals surface area contributed by atoms with Crippen LogP contribution in [0.3, 0.4) is 0 Å². The Bertz CT molecular complexity index is 1370. The van der Waals surface area contributed by atoms with Gasteiger partial charge in [0.25, 0.3) is 0 Å². The van der Waals surface area contributed by atoms with Crippen molar-refractivity contribution in [1.82, 2.24) is 19.9 Å². The molecule has 0 radical (unpaired) electrons. The molecule has 1 aliphatic rings. The third-order valence-corrected chi connectivity index (χ3v) is 6.36. The molecule has 1 aromatic carbocycles. The Morgan fingerprint density at radius 2 is 1.91 bits per heavy atom. The number of hydrogen-bond donors (Lipinski definition) is 2. The fraction of sp³-hybridized carbons (Fsp3) is 0.417. The SMILES string of the molecule is COc1ncc(-c2ccc3ncnc(N[C@H]4CCN(C(=O)C(C)(C)C)C4)c3c2)cc1NS(C)(=O)=O. The first-order valence-electron chi connectivity index (χ1n) is 11.3. The number of nitrogens with one attached hydrogen (secondary N) is 2. The number of benzene rings is 1. The van der Waals surface area contributed by atoms with E-state index in [1.54, 1.807) is 12.3 Å². The summed E-state index contributed by atoms with van der Waals surface area (Å²) in [4.78, 5) is 27.6. The van der Waals surface area contributed by atoms with Gasteiger partial charge in [-0.05, 0) is 30.2 Å². The quantitative estimate of drug-likeness (QED) is 0.531. The first kappa shape index (κ1) is 24.6. The summed E-state index contributed by atoms with van der Waals surface area (Å²) in [6.07, 6.45) is 5.04. The van der Waals surface area contributed by atoms with Gasteiger partial charge in [0, 0.05) is 41.7 Å². The minimum absolute atomic E-state index is 0.0799. The topological polar surface area (TPSA) is 126 Å². The monoisotopic (exact) mass is 498 g/mol. The summed E-state index contributed by atoms with van der Waals surface area (Å²) >= 11 is 0. The summed E-state index contributed by atoms with van der Waals surface area (Å²) in [6.45, 7) is 7.11. The molecule has 1 saturated heterocycles. The Kier molecular flexibility index (Phi) is 6.54. The molecule has 11 heteroatoms. The van der Waals surface area contributed by atoms with Crippen LogP contribution in [0.1, 0.15) is 27.2 Å². The highest BCUT2D eigenvalue weighted by molar-refractivity contribution is 7.92. The van der Waals surface area contributed by atoms with Crippen LogP contribution in [0.25, 0.3) is 22.0 Å². The van der Waals surface area contributed by atoms with Crippen molar-refractivity contribution in [2.24, 2.45) is 5.41 Å². The number of rotatable bonds is 6. The van der Waals surface area contributed by atoms with E-state index < -0.39 is 15.4 Å². The maximum atomic E-state index is 12.7. The Labute approximate surface area is 205 Å². The lowest BCUT2D eigenvalue weighted by molar-refractivity contribution is -0.138. The predicted molar refractivity (Wildman–Crippen MR) is 136 cm³/mol. The highest BCUT2D eigenvalue weighted by Gasteiger charge is 2.33. The molecule has 0 unspecified atom stereocenters. The summed E-state index contributed by atoms with van der Waals surface area (Å²) in [7, 11) is -2.08. The predicted octanol–water partition coefficient (Wildman–Crippen LogP) is 3.13. The molecule has 3 heterocycles. The van der Waals surface area contributed by atoms with E-state index in [1.807, 2.05) is 43.9 Å². The Hall–Kier alpha value is -3.47. The van der Waals surface area contributed by atoms with E-state index in [2.05, 4.69) is 25.0 Å². The van der Waals surface area contributed by atoms with E-state index in [9.17, 15) is 13.2 Å². The summed E-state index contributed by atoms with van der Waals surface area (Å²) in [6, 6.07) is 7.48. The first-order valence-corrected chi connectivity index (χ1v) is 13.2. The molecule has 1 amide bonds. The van der Waals surface area contributed by atoms with Gasteiger partial charge in [-0.15, -0.1) is 0 Å². The second kappa shape index (κ2) is 9.29. The normalized spacial score (nSPS) is 16.4. The number of hydrogen-bond acceptors (Lipinski definition) is 8. The maximum absolute atomic E-state index is 12.7. The van der Waals surface area contributed by atoms with Gasteiger partial charge in [-0.1, -0.05) is 26.8 Å². The molecule has 0 saturated carbocycles. The van der Waals surface area contributed by atoms with Gasteiger partial charge in [0.1, 0.15) is 17.8 Å². The zero-order valence-corrected chi connectivity index (χ0v) is 21.3. The van der Waals surface area contributed by atoms with Crippen molar-refractivity contribution in [3.8, 4) is 17.0 Å². The van der Waals surface area contributed by atoms with Crippen molar-refractivity contribution in [3.05, 3.63) is 36.8 Å². The minimum Gasteiger partial charge on any atom is -0.480 e. The number of aromatic nitrogens is 3. The molecule has 2 aromatic heterocycles. The lowest BCUT2D eigenvalue weighted by atomic mass is 9.95. The molecule has 1 atom stereocenters. The molecule has 35 heavy (non-hydrogen) atoms. The Balaban J connectivity index is 1.63. The summed E-state index contributed by atoms with van der Waals surface area (Å²) in [5, 5.41) is 4.31. The average Bonchev–Trinajstić information content (AvgIpc) is 3.25. The van der Waals surface area contributed by atoms with E-state index >= 15 is 0 Å². The Morgan fingerprint density at radius 3 is 2.60 bits per heavy atom. The molecule has 0 bridgehead atoms. The summed E-state index contributed by atoms with van der Waals surface area (Å²) in [5.74, 6) is 1.01. The average molecular weight is 499 g/mol. The van der Waals surface area contributed by atoms with Crippen LogP contribution >= 0.6 is 0 Å². The van der Waals surface area contributed by atoms with Crippen LogP contribution in [-0.4, -0.2) is 66.7 Å². The largest absolute Gasteiger partial charge is 0.480 e. The molecule has 0 spiro atoms. The van der Waals surface area contributed by atoms with E-state index in [1.165, 1.54) is 13.4 Å². The van der Waals surface area contributed by atoms with E-state index in [4.69, 9.17) is 4.74 Å². The number of nitrogens with zero attached hydrogens (tertiary/aromatic N) is 4. The number of amides is 1. The van der Waals surface area contributed by atoms with Crippen LogP contribution in [0.2, 0.25) is 0 Å². The summed E-state index contributed by atoms with van der Waals surface area (Å²) in [5.41, 5.74) is 2.13. The van der Waals surface area contributed by atoms with Gasteiger partial charge < -0.3 is 15.0 Å². The number of methoxy groups -OCH3 is 1. The zero-order valence-electron chi connectivity index (χ0n) is 20.5. The van der Waals surface area contributed by atoms with Gasteiger partial charge in [0.15, 0.2) is 0 Å². The van der Waals surface area contributed by atoms with Gasteiger partial charge in [0.05, 0.1) is 18.9 Å². The van der Waals surface area contributed by atoms with Crippen molar-refractivity contribution < 1.29 is 17.9 Å². The minimum atomic E-state index is -3.51. The lowest BCUT2D eigenvalue weighted by Crippen LogP contribution is -2.39. The number of carbonyl (C=O) groups is 1. The number of ether oxygens (including phenoxy) is 1. The van der Waals surface area contributed by atoms with Crippen molar-refractivity contribution in [1.29, 1.82) is 0 Å². The molecule has 1 aliphatic heterocycles. The molecule has 2 N–H and O–H groups in total. The van der Waals surface area contributed by atoms with Crippen LogP contribution < -0.4 is 14.8 Å². The first-order chi connectivity index (χ1) is 16.4. The number of carbonyl (C=O) groups excluding carboxylic acids is 1. The van der Waals surface area contributed by atoms with E-state index in [0.717, 1.165) is 29.1 Å². The van der Waals surface area contributed by atoms with Crippen LogP contribution in [-0.2, 0) is 14.8 Å². The van der Waals surface area contributed by atoms with Crippen molar-refractivity contribution in [2.45, 2.75) is 33.2 Å². The van der Waals surface area contributed by atoms with Gasteiger partial charge in [-0.2, -0.15) is 0 Å². The fourth-order valence-corrected chi connectivity index (χ4v) is 4.67. The number of anilines is 2. The molecule has 10 nitrogen and oxygen atoms in total. The maximum Gasteiger partial charge on any atom is 0.238 e. The number of sulfonamides is 1. The molecule has 4 rings (SSSR count). The summed E-state index contributed by atoms with van der Waals surface area (Å²) < 4.78 is 31.2. The zero-order chi connectivity index (χ0) is 25.4. The highest BCUT2D eigenvalue weighted by atomic mass is 32.2. The number of likely N-dealkylation sites (tertiary alicyclic amines) is 1.